The Bertz CT molecular complexity index is 1100. The number of carbonyl (C=O) groups excluding carboxylic acids is 1. The molecule has 0 spiro atoms. The van der Waals surface area contributed by atoms with Crippen LogP contribution in [-0.2, 0) is 14.6 Å². The summed E-state index contributed by atoms with van der Waals surface area (Å²) in [5, 5.41) is 11.2. The minimum atomic E-state index is -3.89. The zero-order chi connectivity index (χ0) is 22.4. The third-order valence-corrected chi connectivity index (χ3v) is 7.83. The van der Waals surface area contributed by atoms with Crippen LogP contribution in [0.4, 0.5) is 0 Å². The lowest BCUT2D eigenvalue weighted by atomic mass is 9.84. The van der Waals surface area contributed by atoms with E-state index in [0.717, 1.165) is 12.8 Å². The first kappa shape index (κ1) is 21.6. The highest BCUT2D eigenvalue weighted by Crippen LogP contribution is 2.47. The lowest BCUT2D eigenvalue weighted by molar-refractivity contribution is -0.147. The van der Waals surface area contributed by atoms with Crippen LogP contribution in [0.25, 0.3) is 0 Å². The summed E-state index contributed by atoms with van der Waals surface area (Å²) in [6.45, 7) is 4.01. The smallest absolute Gasteiger partial charge is 0.223 e. The Hall–Kier alpha value is -2.58. The lowest BCUT2D eigenvalue weighted by Crippen LogP contribution is -2.55. The Morgan fingerprint density at radius 1 is 1.16 bits per heavy atom. The fraction of sp³-hybridized carbons (Fsp3) is 0.435. The number of benzene rings is 2. The first-order valence-corrected chi connectivity index (χ1v) is 11.8. The van der Waals surface area contributed by atoms with Crippen LogP contribution in [0.5, 0.6) is 11.5 Å². The number of hydrogen-bond donors (Lipinski definition) is 1. The Labute approximate surface area is 182 Å². The maximum Gasteiger partial charge on any atom is 0.223 e. The Balaban J connectivity index is 1.92. The number of piperidine rings is 1. The number of fused-ring (bicyclic) bond motifs is 1. The van der Waals surface area contributed by atoms with E-state index in [1.165, 1.54) is 25.3 Å². The number of hydrogen-bond acceptors (Lipinski definition) is 6. The van der Waals surface area contributed by atoms with Gasteiger partial charge in [0.15, 0.2) is 0 Å². The number of sulfone groups is 1. The molecule has 2 aliphatic heterocycles. The van der Waals surface area contributed by atoms with Gasteiger partial charge in [-0.2, -0.15) is 0 Å². The van der Waals surface area contributed by atoms with Crippen LogP contribution in [0.3, 0.4) is 0 Å². The molecule has 2 heterocycles. The third-order valence-electron chi connectivity index (χ3n) is 6.04. The predicted octanol–water partition coefficient (Wildman–Crippen LogP) is 3.11. The number of aliphatic hydroxyl groups is 1. The number of ether oxygens (including phenoxy) is 2. The largest absolute Gasteiger partial charge is 0.495 e. The van der Waals surface area contributed by atoms with Gasteiger partial charge >= 0.3 is 0 Å². The number of nitrogens with zero attached hydrogens (tertiary/aromatic N) is 1. The molecule has 1 saturated heterocycles. The molecule has 166 valence electrons. The molecule has 1 N–H and O–H groups in total. The number of methoxy groups -OCH3 is 1. The van der Waals surface area contributed by atoms with Crippen LogP contribution in [0.1, 0.15) is 44.7 Å². The SMILES string of the molecule is COc1cc2c(cc1S(=O)(=O)c1ccccc1)[C@H](N1CCCCC1=O)[C@@H](O)C(C)(C)O2. The molecule has 0 aromatic heterocycles. The van der Waals surface area contributed by atoms with Gasteiger partial charge in [0, 0.05) is 24.6 Å². The van der Waals surface area contributed by atoms with Gasteiger partial charge in [0.25, 0.3) is 0 Å². The summed E-state index contributed by atoms with van der Waals surface area (Å²) in [7, 11) is -2.49. The minimum Gasteiger partial charge on any atom is -0.495 e. The Kier molecular flexibility index (Phi) is 5.47. The van der Waals surface area contributed by atoms with Crippen LogP contribution in [0.2, 0.25) is 0 Å². The molecule has 2 aliphatic rings. The van der Waals surface area contributed by atoms with Gasteiger partial charge in [-0.15, -0.1) is 0 Å². The summed E-state index contributed by atoms with van der Waals surface area (Å²) in [6, 6.07) is 10.4. The van der Waals surface area contributed by atoms with Crippen molar-refractivity contribution in [3.63, 3.8) is 0 Å². The van der Waals surface area contributed by atoms with E-state index >= 15 is 0 Å². The molecule has 2 atom stereocenters. The number of aliphatic hydroxyl groups excluding tert-OH is 1. The monoisotopic (exact) mass is 445 g/mol. The van der Waals surface area contributed by atoms with Crippen molar-refractivity contribution in [2.45, 2.75) is 60.6 Å². The highest BCUT2D eigenvalue weighted by molar-refractivity contribution is 7.91. The molecule has 2 aromatic carbocycles. The van der Waals surface area contributed by atoms with E-state index in [9.17, 15) is 18.3 Å². The highest BCUT2D eigenvalue weighted by Gasteiger charge is 2.48. The van der Waals surface area contributed by atoms with E-state index in [1.54, 1.807) is 43.0 Å². The van der Waals surface area contributed by atoms with Crippen molar-refractivity contribution in [2.75, 3.05) is 13.7 Å². The second kappa shape index (κ2) is 7.84. The van der Waals surface area contributed by atoms with E-state index in [4.69, 9.17) is 9.47 Å². The first-order valence-electron chi connectivity index (χ1n) is 10.4. The topological polar surface area (TPSA) is 93.1 Å². The van der Waals surface area contributed by atoms with E-state index in [2.05, 4.69) is 0 Å². The van der Waals surface area contributed by atoms with Crippen LogP contribution in [0.15, 0.2) is 52.3 Å². The maximum absolute atomic E-state index is 13.4. The van der Waals surface area contributed by atoms with Crippen molar-refractivity contribution in [1.82, 2.24) is 4.90 Å². The molecule has 4 rings (SSSR count). The van der Waals surface area contributed by atoms with Gasteiger partial charge in [-0.05, 0) is 44.9 Å². The standard InChI is InChI=1S/C23H27NO6S/c1-23(2)22(26)21(24-12-8-7-11-20(24)25)16-13-19(18(29-3)14-17(16)30-23)31(27,28)15-9-5-4-6-10-15/h4-6,9-10,13-14,21-22,26H,7-8,11-12H2,1-3H3/t21-,22+/m0/s1. The second-order valence-electron chi connectivity index (χ2n) is 8.50. The number of amides is 1. The molecule has 1 amide bonds. The molecule has 2 aromatic rings. The van der Waals surface area contributed by atoms with Gasteiger partial charge in [-0.1, -0.05) is 18.2 Å². The van der Waals surface area contributed by atoms with E-state index in [1.807, 2.05) is 0 Å². The normalized spacial score (nSPS) is 23.1. The van der Waals surface area contributed by atoms with Crippen molar-refractivity contribution in [3.05, 3.63) is 48.0 Å². The molecule has 0 radical (unpaired) electrons. The van der Waals surface area contributed by atoms with Gasteiger partial charge < -0.3 is 19.5 Å². The third kappa shape index (κ3) is 3.68. The fourth-order valence-corrected chi connectivity index (χ4v) is 5.78. The van der Waals surface area contributed by atoms with Gasteiger partial charge in [0.1, 0.15) is 28.1 Å². The van der Waals surface area contributed by atoms with E-state index < -0.39 is 27.6 Å². The lowest BCUT2D eigenvalue weighted by Gasteiger charge is -2.47. The van der Waals surface area contributed by atoms with Crippen molar-refractivity contribution < 1.29 is 27.8 Å². The van der Waals surface area contributed by atoms with Crippen molar-refractivity contribution >= 4 is 15.7 Å². The van der Waals surface area contributed by atoms with Crippen LogP contribution >= 0.6 is 0 Å². The molecule has 1 fully saturated rings. The molecule has 8 heteroatoms. The van der Waals surface area contributed by atoms with Crippen LogP contribution in [0, 0.1) is 0 Å². The molecule has 0 bridgehead atoms. The average Bonchev–Trinajstić information content (AvgIpc) is 2.75. The van der Waals surface area contributed by atoms with Crippen molar-refractivity contribution in [3.8, 4) is 11.5 Å². The summed E-state index contributed by atoms with van der Waals surface area (Å²) in [4.78, 5) is 14.5. The van der Waals surface area contributed by atoms with Crippen LogP contribution < -0.4 is 9.47 Å². The fourth-order valence-electron chi connectivity index (χ4n) is 4.33. The maximum atomic E-state index is 13.4. The number of carbonyl (C=O) groups is 1. The quantitative estimate of drug-likeness (QED) is 0.777. The van der Waals surface area contributed by atoms with E-state index in [0.29, 0.717) is 24.3 Å². The predicted molar refractivity (Wildman–Crippen MR) is 114 cm³/mol. The molecular weight excluding hydrogens is 418 g/mol. The molecular formula is C23H27NO6S. The summed E-state index contributed by atoms with van der Waals surface area (Å²) >= 11 is 0. The average molecular weight is 446 g/mol. The summed E-state index contributed by atoms with van der Waals surface area (Å²) in [5.41, 5.74) is -0.502. The molecule has 31 heavy (non-hydrogen) atoms. The summed E-state index contributed by atoms with van der Waals surface area (Å²) in [6.07, 6.45) is 1.02. The zero-order valence-corrected chi connectivity index (χ0v) is 18.7. The van der Waals surface area contributed by atoms with Gasteiger partial charge in [0.05, 0.1) is 18.0 Å². The van der Waals surface area contributed by atoms with Crippen LogP contribution in [-0.4, -0.2) is 49.7 Å². The zero-order valence-electron chi connectivity index (χ0n) is 17.9. The molecule has 0 saturated carbocycles. The molecule has 0 aliphatic carbocycles. The molecule has 7 nitrogen and oxygen atoms in total. The van der Waals surface area contributed by atoms with E-state index in [-0.39, 0.29) is 21.4 Å². The van der Waals surface area contributed by atoms with Crippen molar-refractivity contribution in [1.29, 1.82) is 0 Å². The number of rotatable bonds is 4. The Morgan fingerprint density at radius 3 is 2.52 bits per heavy atom. The summed E-state index contributed by atoms with van der Waals surface area (Å²) in [5.74, 6) is 0.503. The Morgan fingerprint density at radius 2 is 1.87 bits per heavy atom. The summed E-state index contributed by atoms with van der Waals surface area (Å²) < 4.78 is 38.2. The second-order valence-corrected chi connectivity index (χ2v) is 10.4. The minimum absolute atomic E-state index is 0.0232. The van der Waals surface area contributed by atoms with Gasteiger partial charge in [0.2, 0.25) is 15.7 Å². The van der Waals surface area contributed by atoms with Gasteiger partial charge in [-0.25, -0.2) is 8.42 Å². The van der Waals surface area contributed by atoms with Crippen molar-refractivity contribution in [2.24, 2.45) is 0 Å². The molecule has 0 unspecified atom stereocenters. The highest BCUT2D eigenvalue weighted by atomic mass is 32.2. The number of likely N-dealkylation sites (tertiary alicyclic amines) is 1. The van der Waals surface area contributed by atoms with Gasteiger partial charge in [-0.3, -0.25) is 4.79 Å². The first-order chi connectivity index (χ1) is 14.7.